The normalized spacial score (nSPS) is 15.0. The van der Waals surface area contributed by atoms with Gasteiger partial charge in [0.1, 0.15) is 33.5 Å². The molecule has 0 saturated heterocycles. The average molecular weight is 1020 g/mol. The number of anilines is 3. The van der Waals surface area contributed by atoms with E-state index in [9.17, 15) is 0 Å². The van der Waals surface area contributed by atoms with E-state index < -0.39 is 0 Å². The lowest BCUT2D eigenvalue weighted by Gasteiger charge is -2.31. The molecule has 0 aliphatic heterocycles. The van der Waals surface area contributed by atoms with Crippen LogP contribution in [0.1, 0.15) is 74.9 Å². The van der Waals surface area contributed by atoms with Crippen LogP contribution in [0.15, 0.2) is 226 Å². The van der Waals surface area contributed by atoms with Crippen LogP contribution in [0.25, 0.3) is 121 Å². The van der Waals surface area contributed by atoms with Gasteiger partial charge in [-0.25, -0.2) is 0 Å². The first-order valence-corrected chi connectivity index (χ1v) is 27.7. The lowest BCUT2D eigenvalue weighted by atomic mass is 9.79. The van der Waals surface area contributed by atoms with Gasteiger partial charge in [0.05, 0.1) is 5.69 Å². The van der Waals surface area contributed by atoms with Gasteiger partial charge >= 0.3 is 0 Å². The minimum atomic E-state index is -0.373. The van der Waals surface area contributed by atoms with Crippen molar-refractivity contribution in [3.8, 4) is 55.6 Å². The highest BCUT2D eigenvalue weighted by Crippen LogP contribution is 2.60. The minimum Gasteiger partial charge on any atom is -0.456 e. The quantitative estimate of drug-likeness (QED) is 0.172. The summed E-state index contributed by atoms with van der Waals surface area (Å²) in [5.74, 6) is 0. The third kappa shape index (κ3) is 5.93. The number of hydrogen-bond donors (Lipinski definition) is 0. The number of rotatable bonds is 5. The molecule has 0 atom stereocenters. The number of benzene rings is 11. The molecule has 17 rings (SSSR count). The van der Waals surface area contributed by atoms with Crippen molar-refractivity contribution in [2.24, 2.45) is 0 Å². The SMILES string of the molecule is CC1(C)c2cc(N(c3ccc4c(c3)C(C)(C)c3cc(-c5ccc6oc7ccccc7c6c5)c5oc6ccccc6c5c3-4)c3ccccc3-c3ccccc3)ccc2-c2cc3c(cc21)-c1c(ccc2oc4ccccc4c12)C3(C)C. The molecule has 4 nitrogen and oxygen atoms in total. The Balaban J connectivity index is 0.848. The van der Waals surface area contributed by atoms with Gasteiger partial charge in [0.25, 0.3) is 0 Å². The average Bonchev–Trinajstić information content (AvgIpc) is 3.18. The van der Waals surface area contributed by atoms with Crippen molar-refractivity contribution in [3.63, 3.8) is 0 Å². The van der Waals surface area contributed by atoms with E-state index in [1.165, 1.54) is 88.7 Å². The molecule has 0 spiro atoms. The summed E-state index contributed by atoms with van der Waals surface area (Å²) in [6, 6.07) is 78.1. The van der Waals surface area contributed by atoms with Crippen molar-refractivity contribution < 1.29 is 13.3 Å². The van der Waals surface area contributed by atoms with Crippen LogP contribution in [0.3, 0.4) is 0 Å². The fourth-order valence-corrected chi connectivity index (χ4v) is 14.7. The van der Waals surface area contributed by atoms with E-state index in [0.717, 1.165) is 83.2 Å². The van der Waals surface area contributed by atoms with Crippen LogP contribution < -0.4 is 4.90 Å². The smallest absolute Gasteiger partial charge is 0.143 e. The second kappa shape index (κ2) is 15.4. The Morgan fingerprint density at radius 2 is 0.810 bits per heavy atom. The molecule has 0 bridgehead atoms. The lowest BCUT2D eigenvalue weighted by Crippen LogP contribution is -2.18. The van der Waals surface area contributed by atoms with Crippen LogP contribution in [0, 0.1) is 0 Å². The Bertz CT molecular complexity index is 5000. The molecule has 3 aliphatic rings. The molecule has 3 aliphatic carbocycles. The zero-order valence-electron chi connectivity index (χ0n) is 44.9. The van der Waals surface area contributed by atoms with Crippen molar-refractivity contribution in [1.82, 2.24) is 0 Å². The maximum absolute atomic E-state index is 6.98. The standard InChI is InChI=1S/C75H53NO3/c1-73(2)56-33-35-67-70(50-22-12-16-26-64(50)78-67)69(56)55-41-59-53(40-60(55)73)47-31-29-44(37-57(47)74(59,3)4)76(62-24-14-10-20-46(62)42-18-8-7-9-19-42)45-30-32-49-58(38-45)75(5,6)61-39-52(72-71(68(49)61)51-23-13-17-27-65(51)79-72)43-28-34-66-54(36-43)48-21-11-15-25-63(48)77-66/h7-41H,1-6H3. The molecule has 376 valence electrons. The second-order valence-corrected chi connectivity index (χ2v) is 23.9. The molecule has 4 heteroatoms. The molecule has 0 unspecified atom stereocenters. The predicted octanol–water partition coefficient (Wildman–Crippen LogP) is 21.1. The summed E-state index contributed by atoms with van der Waals surface area (Å²) in [6.07, 6.45) is 0. The van der Waals surface area contributed by atoms with Gasteiger partial charge in [-0.1, -0.05) is 169 Å². The fraction of sp³-hybridized carbons (Fsp3) is 0.120. The van der Waals surface area contributed by atoms with Crippen molar-refractivity contribution in [2.75, 3.05) is 4.90 Å². The number of fused-ring (bicyclic) bond motifs is 20. The van der Waals surface area contributed by atoms with Gasteiger partial charge in [0, 0.05) is 71.1 Å². The van der Waals surface area contributed by atoms with Gasteiger partial charge < -0.3 is 18.2 Å². The number of hydrogen-bond acceptors (Lipinski definition) is 4. The van der Waals surface area contributed by atoms with Crippen LogP contribution >= 0.6 is 0 Å². The van der Waals surface area contributed by atoms with Crippen LogP contribution in [0.5, 0.6) is 0 Å². The molecular formula is C75H53NO3. The third-order valence-electron chi connectivity index (χ3n) is 18.7. The van der Waals surface area contributed by atoms with Crippen molar-refractivity contribution in [3.05, 3.63) is 246 Å². The summed E-state index contributed by atoms with van der Waals surface area (Å²) >= 11 is 0. The molecule has 0 radical (unpaired) electrons. The predicted molar refractivity (Wildman–Crippen MR) is 327 cm³/mol. The summed E-state index contributed by atoms with van der Waals surface area (Å²) in [7, 11) is 0. The summed E-state index contributed by atoms with van der Waals surface area (Å²) in [5.41, 5.74) is 28.2. The number of nitrogens with zero attached hydrogens (tertiary/aromatic N) is 1. The monoisotopic (exact) mass is 1020 g/mol. The van der Waals surface area contributed by atoms with E-state index >= 15 is 0 Å². The van der Waals surface area contributed by atoms with Crippen molar-refractivity contribution in [2.45, 2.75) is 57.8 Å². The van der Waals surface area contributed by atoms with Crippen molar-refractivity contribution >= 4 is 82.9 Å². The van der Waals surface area contributed by atoms with E-state index in [0.29, 0.717) is 0 Å². The van der Waals surface area contributed by atoms with E-state index in [-0.39, 0.29) is 16.2 Å². The van der Waals surface area contributed by atoms with Crippen LogP contribution in [0.2, 0.25) is 0 Å². The number of para-hydroxylation sites is 4. The summed E-state index contributed by atoms with van der Waals surface area (Å²) < 4.78 is 19.8. The minimum absolute atomic E-state index is 0.194. The molecule has 0 fully saturated rings. The Morgan fingerprint density at radius 1 is 0.291 bits per heavy atom. The van der Waals surface area contributed by atoms with E-state index in [1.54, 1.807) is 0 Å². The van der Waals surface area contributed by atoms with E-state index in [4.69, 9.17) is 13.3 Å². The summed E-state index contributed by atoms with van der Waals surface area (Å²) in [5, 5.41) is 6.88. The maximum atomic E-state index is 6.98. The Hall–Kier alpha value is -9.38. The van der Waals surface area contributed by atoms with Gasteiger partial charge in [-0.15, -0.1) is 0 Å². The largest absolute Gasteiger partial charge is 0.456 e. The van der Waals surface area contributed by atoms with E-state index in [1.807, 2.05) is 12.1 Å². The molecule has 0 N–H and O–H groups in total. The molecular weight excluding hydrogens is 963 g/mol. The maximum Gasteiger partial charge on any atom is 0.143 e. The van der Waals surface area contributed by atoms with Crippen LogP contribution in [0.4, 0.5) is 17.1 Å². The Morgan fingerprint density at radius 3 is 1.58 bits per heavy atom. The van der Waals surface area contributed by atoms with Crippen LogP contribution in [-0.4, -0.2) is 0 Å². The van der Waals surface area contributed by atoms with E-state index in [2.05, 4.69) is 247 Å². The van der Waals surface area contributed by atoms with Gasteiger partial charge in [-0.2, -0.15) is 0 Å². The highest BCUT2D eigenvalue weighted by Gasteiger charge is 2.44. The molecule has 14 aromatic rings. The highest BCUT2D eigenvalue weighted by molar-refractivity contribution is 6.20. The molecule has 3 heterocycles. The molecule has 0 saturated carbocycles. The third-order valence-corrected chi connectivity index (χ3v) is 18.7. The summed E-state index contributed by atoms with van der Waals surface area (Å²) in [6.45, 7) is 14.4. The van der Waals surface area contributed by atoms with Gasteiger partial charge in [-0.3, -0.25) is 0 Å². The number of furan rings is 3. The molecule has 3 aromatic heterocycles. The van der Waals surface area contributed by atoms with Gasteiger partial charge in [0.15, 0.2) is 0 Å². The first-order chi connectivity index (χ1) is 38.4. The van der Waals surface area contributed by atoms with Crippen molar-refractivity contribution in [1.29, 1.82) is 0 Å². The Labute approximate surface area is 457 Å². The van der Waals surface area contributed by atoms with Gasteiger partial charge in [0.2, 0.25) is 0 Å². The first kappa shape index (κ1) is 44.7. The molecule has 79 heavy (non-hydrogen) atoms. The Kier molecular flexibility index (Phi) is 8.73. The second-order valence-electron chi connectivity index (χ2n) is 23.9. The van der Waals surface area contributed by atoms with Crippen LogP contribution in [-0.2, 0) is 16.2 Å². The zero-order valence-corrected chi connectivity index (χ0v) is 44.9. The summed E-state index contributed by atoms with van der Waals surface area (Å²) in [4.78, 5) is 2.51. The molecule has 0 amide bonds. The zero-order chi connectivity index (χ0) is 52.8. The first-order valence-electron chi connectivity index (χ1n) is 27.7. The molecule has 11 aromatic carbocycles. The fourth-order valence-electron chi connectivity index (χ4n) is 14.7. The highest BCUT2D eigenvalue weighted by atomic mass is 16.3. The van der Waals surface area contributed by atoms with Gasteiger partial charge in [-0.05, 0) is 163 Å². The topological polar surface area (TPSA) is 42.7 Å². The lowest BCUT2D eigenvalue weighted by molar-refractivity contribution is 0.651.